The minimum absolute atomic E-state index is 0.0775. The van der Waals surface area contributed by atoms with E-state index in [-0.39, 0.29) is 5.78 Å². The molecule has 1 aromatic rings. The summed E-state index contributed by atoms with van der Waals surface area (Å²) >= 11 is 1.40. The molecule has 0 atom stereocenters. The van der Waals surface area contributed by atoms with E-state index in [0.29, 0.717) is 23.7 Å². The molecule has 0 unspecified atom stereocenters. The van der Waals surface area contributed by atoms with E-state index in [1.807, 2.05) is 5.38 Å². The summed E-state index contributed by atoms with van der Waals surface area (Å²) in [6.45, 7) is 0.458. The zero-order chi connectivity index (χ0) is 9.68. The number of methoxy groups -OCH3 is 2. The van der Waals surface area contributed by atoms with E-state index in [4.69, 9.17) is 9.47 Å². The van der Waals surface area contributed by atoms with Gasteiger partial charge in [-0.3, -0.25) is 4.79 Å². The van der Waals surface area contributed by atoms with Gasteiger partial charge in [-0.05, 0) is 11.4 Å². The lowest BCUT2D eigenvalue weighted by molar-refractivity contribution is 0.0933. The minimum atomic E-state index is 0.0775. The Morgan fingerprint density at radius 1 is 1.54 bits per heavy atom. The van der Waals surface area contributed by atoms with Crippen molar-refractivity contribution in [3.05, 3.63) is 16.3 Å². The molecule has 72 valence electrons. The van der Waals surface area contributed by atoms with E-state index in [9.17, 15) is 4.79 Å². The van der Waals surface area contributed by atoms with Crippen LogP contribution < -0.4 is 4.74 Å². The number of ketones is 1. The fraction of sp³-hybridized carbons (Fsp3) is 0.444. The maximum absolute atomic E-state index is 11.5. The van der Waals surface area contributed by atoms with Crippen LogP contribution in [0.5, 0.6) is 5.75 Å². The van der Waals surface area contributed by atoms with E-state index < -0.39 is 0 Å². The van der Waals surface area contributed by atoms with Crippen LogP contribution in [0.25, 0.3) is 0 Å². The Bertz CT molecular complexity index is 280. The van der Waals surface area contributed by atoms with E-state index in [2.05, 4.69) is 0 Å². The summed E-state index contributed by atoms with van der Waals surface area (Å²) in [5.41, 5.74) is 0. The third-order valence-electron chi connectivity index (χ3n) is 1.64. The van der Waals surface area contributed by atoms with Gasteiger partial charge in [0.05, 0.1) is 13.7 Å². The number of thiophene rings is 1. The second-order valence-corrected chi connectivity index (χ2v) is 3.40. The van der Waals surface area contributed by atoms with Crippen molar-refractivity contribution in [2.45, 2.75) is 6.42 Å². The van der Waals surface area contributed by atoms with Crippen LogP contribution in [0.1, 0.15) is 16.1 Å². The summed E-state index contributed by atoms with van der Waals surface area (Å²) < 4.78 is 9.86. The summed E-state index contributed by atoms with van der Waals surface area (Å²) in [7, 11) is 3.15. The second kappa shape index (κ2) is 4.99. The topological polar surface area (TPSA) is 35.5 Å². The first kappa shape index (κ1) is 10.2. The quantitative estimate of drug-likeness (QED) is 0.682. The molecule has 0 aliphatic heterocycles. The summed E-state index contributed by atoms with van der Waals surface area (Å²) in [6, 6.07) is 1.80. The Labute approximate surface area is 81.3 Å². The molecule has 1 heterocycles. The van der Waals surface area contributed by atoms with E-state index in [1.165, 1.54) is 11.3 Å². The van der Waals surface area contributed by atoms with Crippen molar-refractivity contribution in [2.75, 3.05) is 20.8 Å². The second-order valence-electron chi connectivity index (χ2n) is 2.48. The molecule has 0 amide bonds. The normalized spacial score (nSPS) is 10.0. The van der Waals surface area contributed by atoms with Crippen molar-refractivity contribution < 1.29 is 14.3 Å². The lowest BCUT2D eigenvalue weighted by Crippen LogP contribution is -2.02. The molecule has 4 heteroatoms. The predicted molar refractivity (Wildman–Crippen MR) is 51.7 cm³/mol. The fourth-order valence-corrected chi connectivity index (χ4v) is 1.80. The first-order chi connectivity index (χ1) is 6.29. The number of hydrogen-bond acceptors (Lipinski definition) is 4. The van der Waals surface area contributed by atoms with Crippen molar-refractivity contribution in [3.8, 4) is 5.75 Å². The van der Waals surface area contributed by atoms with E-state index in [0.717, 1.165) is 0 Å². The number of carbonyl (C=O) groups is 1. The maximum Gasteiger partial charge on any atom is 0.178 e. The first-order valence-electron chi connectivity index (χ1n) is 3.93. The van der Waals surface area contributed by atoms with Crippen molar-refractivity contribution in [2.24, 2.45) is 0 Å². The molecule has 1 aromatic heterocycles. The molecule has 0 spiro atoms. The zero-order valence-electron chi connectivity index (χ0n) is 7.70. The SMILES string of the molecule is COCCC(=O)c1sccc1OC. The maximum atomic E-state index is 11.5. The lowest BCUT2D eigenvalue weighted by atomic mass is 10.2. The van der Waals surface area contributed by atoms with Gasteiger partial charge in [0.1, 0.15) is 10.6 Å². The Hall–Kier alpha value is -0.870. The highest BCUT2D eigenvalue weighted by Gasteiger charge is 2.12. The third-order valence-corrected chi connectivity index (χ3v) is 2.57. The van der Waals surface area contributed by atoms with Gasteiger partial charge in [-0.25, -0.2) is 0 Å². The molecule has 1 rings (SSSR count). The predicted octanol–water partition coefficient (Wildman–Crippen LogP) is 1.98. The third kappa shape index (κ3) is 2.54. The van der Waals surface area contributed by atoms with Crippen LogP contribution in [-0.4, -0.2) is 26.6 Å². The number of hydrogen-bond donors (Lipinski definition) is 0. The van der Waals surface area contributed by atoms with Crippen molar-refractivity contribution >= 4 is 17.1 Å². The van der Waals surface area contributed by atoms with Crippen LogP contribution in [0.4, 0.5) is 0 Å². The first-order valence-corrected chi connectivity index (χ1v) is 4.81. The molecule has 0 saturated heterocycles. The largest absolute Gasteiger partial charge is 0.495 e. The van der Waals surface area contributed by atoms with E-state index >= 15 is 0 Å². The molecule has 3 nitrogen and oxygen atoms in total. The smallest absolute Gasteiger partial charge is 0.178 e. The van der Waals surface area contributed by atoms with Crippen molar-refractivity contribution in [1.82, 2.24) is 0 Å². The standard InChI is InChI=1S/C9H12O3S/c1-11-5-3-7(10)9-8(12-2)4-6-13-9/h4,6H,3,5H2,1-2H3. The van der Waals surface area contributed by atoms with E-state index in [1.54, 1.807) is 20.3 Å². The number of rotatable bonds is 5. The van der Waals surface area contributed by atoms with Crippen LogP contribution >= 0.6 is 11.3 Å². The molecule has 13 heavy (non-hydrogen) atoms. The molecule has 0 bridgehead atoms. The molecular formula is C9H12O3S. The van der Waals surface area contributed by atoms with Crippen molar-refractivity contribution in [1.29, 1.82) is 0 Å². The number of carbonyl (C=O) groups excluding carboxylic acids is 1. The van der Waals surface area contributed by atoms with Gasteiger partial charge in [0.2, 0.25) is 0 Å². The Balaban J connectivity index is 2.65. The van der Waals surface area contributed by atoms with Crippen LogP contribution in [0.15, 0.2) is 11.4 Å². The molecule has 0 aliphatic rings. The molecular weight excluding hydrogens is 188 g/mol. The molecule has 0 saturated carbocycles. The van der Waals surface area contributed by atoms with Crippen molar-refractivity contribution in [3.63, 3.8) is 0 Å². The Morgan fingerprint density at radius 2 is 2.31 bits per heavy atom. The minimum Gasteiger partial charge on any atom is -0.495 e. The van der Waals surface area contributed by atoms with Crippen LogP contribution in [0.3, 0.4) is 0 Å². The fourth-order valence-electron chi connectivity index (χ4n) is 0.970. The number of ether oxygens (including phenoxy) is 2. The Kier molecular flexibility index (Phi) is 3.92. The molecule has 0 fully saturated rings. The zero-order valence-corrected chi connectivity index (χ0v) is 8.52. The van der Waals surface area contributed by atoms with Gasteiger partial charge in [0.15, 0.2) is 5.78 Å². The van der Waals surface area contributed by atoms with Gasteiger partial charge in [0.25, 0.3) is 0 Å². The highest BCUT2D eigenvalue weighted by Crippen LogP contribution is 2.25. The average Bonchev–Trinajstić information content (AvgIpc) is 2.61. The van der Waals surface area contributed by atoms with Gasteiger partial charge >= 0.3 is 0 Å². The molecule has 0 aromatic carbocycles. The Morgan fingerprint density at radius 3 is 2.92 bits per heavy atom. The highest BCUT2D eigenvalue weighted by atomic mass is 32.1. The monoisotopic (exact) mass is 200 g/mol. The summed E-state index contributed by atoms with van der Waals surface area (Å²) in [4.78, 5) is 12.2. The molecule has 0 radical (unpaired) electrons. The average molecular weight is 200 g/mol. The van der Waals surface area contributed by atoms with Gasteiger partial charge in [0, 0.05) is 13.5 Å². The highest BCUT2D eigenvalue weighted by molar-refractivity contribution is 7.12. The van der Waals surface area contributed by atoms with Crippen LogP contribution in [-0.2, 0) is 4.74 Å². The van der Waals surface area contributed by atoms with Gasteiger partial charge < -0.3 is 9.47 Å². The summed E-state index contributed by atoms with van der Waals surface area (Å²) in [5.74, 6) is 0.736. The molecule has 0 aliphatic carbocycles. The van der Waals surface area contributed by atoms with Crippen LogP contribution in [0.2, 0.25) is 0 Å². The lowest BCUT2D eigenvalue weighted by Gasteiger charge is -2.00. The summed E-state index contributed by atoms with van der Waals surface area (Å²) in [6.07, 6.45) is 0.410. The molecule has 0 N–H and O–H groups in total. The summed E-state index contributed by atoms with van der Waals surface area (Å²) in [5, 5.41) is 1.85. The number of Topliss-reactive ketones (excluding diaryl/α,β-unsaturated/α-hetero) is 1. The van der Waals surface area contributed by atoms with Gasteiger partial charge in [-0.2, -0.15) is 0 Å². The van der Waals surface area contributed by atoms with Crippen LogP contribution in [0, 0.1) is 0 Å². The van der Waals surface area contributed by atoms with Gasteiger partial charge in [-0.15, -0.1) is 11.3 Å². The van der Waals surface area contributed by atoms with Gasteiger partial charge in [-0.1, -0.05) is 0 Å².